The third kappa shape index (κ3) is 5.88. The fraction of sp³-hybridized carbons (Fsp3) is 0.333. The highest BCUT2D eigenvalue weighted by Crippen LogP contribution is 2.31. The number of nitrogens with one attached hydrogen (secondary N) is 2. The number of hydrogen-bond donors (Lipinski definition) is 2. The van der Waals surface area contributed by atoms with Gasteiger partial charge in [-0.1, -0.05) is 29.3 Å². The monoisotopic (exact) mass is 420 g/mol. The minimum Gasteiger partial charge on any atom is -0.492 e. The van der Waals surface area contributed by atoms with Crippen molar-refractivity contribution < 1.29 is 14.3 Å². The molecule has 1 fully saturated rings. The second kappa shape index (κ2) is 9.30. The molecule has 2 aromatic rings. The Kier molecular flexibility index (Phi) is 6.81. The lowest BCUT2D eigenvalue weighted by molar-refractivity contribution is -0.117. The van der Waals surface area contributed by atoms with Gasteiger partial charge in [-0.15, -0.1) is 0 Å². The predicted molar refractivity (Wildman–Crippen MR) is 112 cm³/mol. The molecule has 0 saturated heterocycles. The lowest BCUT2D eigenvalue weighted by Crippen LogP contribution is -2.16. The van der Waals surface area contributed by atoms with E-state index in [9.17, 15) is 9.59 Å². The maximum atomic E-state index is 12.2. The summed E-state index contributed by atoms with van der Waals surface area (Å²) < 4.78 is 5.58. The van der Waals surface area contributed by atoms with Crippen LogP contribution in [0.3, 0.4) is 0 Å². The van der Waals surface area contributed by atoms with E-state index in [0.717, 1.165) is 24.1 Å². The van der Waals surface area contributed by atoms with Crippen LogP contribution in [-0.4, -0.2) is 18.4 Å². The summed E-state index contributed by atoms with van der Waals surface area (Å²) in [5, 5.41) is 6.78. The normalized spacial score (nSPS) is 13.1. The Balaban J connectivity index is 1.45. The van der Waals surface area contributed by atoms with Crippen molar-refractivity contribution in [3.8, 4) is 5.75 Å². The summed E-state index contributed by atoms with van der Waals surface area (Å²) >= 11 is 11.9. The number of carbonyl (C=O) groups is 2. The van der Waals surface area contributed by atoms with Gasteiger partial charge in [-0.3, -0.25) is 9.59 Å². The molecule has 0 atom stereocenters. The molecule has 2 amide bonds. The SMILES string of the molecule is Cc1ccc(NC(=O)CCCOc2ccc(Cl)cc2Cl)cc1NC(=O)C1CC1. The van der Waals surface area contributed by atoms with Crippen LogP contribution in [0.15, 0.2) is 36.4 Å². The number of hydrogen-bond acceptors (Lipinski definition) is 3. The van der Waals surface area contributed by atoms with E-state index in [2.05, 4.69) is 10.6 Å². The highest BCUT2D eigenvalue weighted by molar-refractivity contribution is 6.35. The minimum absolute atomic E-state index is 0.0459. The third-order valence-corrected chi connectivity index (χ3v) is 4.96. The summed E-state index contributed by atoms with van der Waals surface area (Å²) in [5.41, 5.74) is 2.35. The van der Waals surface area contributed by atoms with Crippen molar-refractivity contribution in [2.24, 2.45) is 5.92 Å². The zero-order chi connectivity index (χ0) is 20.1. The van der Waals surface area contributed by atoms with Gasteiger partial charge in [0.1, 0.15) is 5.75 Å². The first-order chi connectivity index (χ1) is 13.4. The van der Waals surface area contributed by atoms with Gasteiger partial charge in [-0.05, 0) is 62.1 Å². The van der Waals surface area contributed by atoms with Gasteiger partial charge < -0.3 is 15.4 Å². The average molecular weight is 421 g/mol. The standard InChI is InChI=1S/C21H22Cl2N2O3/c1-13-4-8-16(12-18(13)25-21(27)14-5-6-14)24-20(26)3-2-10-28-19-9-7-15(22)11-17(19)23/h4,7-9,11-12,14H,2-3,5-6,10H2,1H3,(H,24,26)(H,25,27). The molecule has 1 saturated carbocycles. The Bertz CT molecular complexity index is 882. The molecule has 5 nitrogen and oxygen atoms in total. The fourth-order valence-corrected chi connectivity index (χ4v) is 3.11. The molecule has 0 unspecified atom stereocenters. The molecule has 0 radical (unpaired) electrons. The van der Waals surface area contributed by atoms with Crippen LogP contribution in [0.25, 0.3) is 0 Å². The molecule has 0 heterocycles. The van der Waals surface area contributed by atoms with Gasteiger partial charge in [0.05, 0.1) is 11.6 Å². The third-order valence-electron chi connectivity index (χ3n) is 4.43. The van der Waals surface area contributed by atoms with E-state index in [0.29, 0.717) is 40.9 Å². The number of aryl methyl sites for hydroxylation is 1. The number of rotatable bonds is 8. The quantitative estimate of drug-likeness (QED) is 0.557. The average Bonchev–Trinajstić information content (AvgIpc) is 3.48. The zero-order valence-electron chi connectivity index (χ0n) is 15.6. The number of amides is 2. The van der Waals surface area contributed by atoms with Gasteiger partial charge in [0.2, 0.25) is 11.8 Å². The van der Waals surface area contributed by atoms with Gasteiger partial charge in [0.25, 0.3) is 0 Å². The molecule has 0 aromatic heterocycles. The molecule has 0 bridgehead atoms. The Morgan fingerprint density at radius 1 is 1.11 bits per heavy atom. The maximum absolute atomic E-state index is 12.2. The van der Waals surface area contributed by atoms with Crippen molar-refractivity contribution in [2.45, 2.75) is 32.6 Å². The van der Waals surface area contributed by atoms with E-state index >= 15 is 0 Å². The van der Waals surface area contributed by atoms with Crippen molar-refractivity contribution in [1.82, 2.24) is 0 Å². The van der Waals surface area contributed by atoms with Crippen molar-refractivity contribution in [1.29, 1.82) is 0 Å². The van der Waals surface area contributed by atoms with Crippen LogP contribution in [-0.2, 0) is 9.59 Å². The van der Waals surface area contributed by atoms with Crippen LogP contribution in [0.4, 0.5) is 11.4 Å². The van der Waals surface area contributed by atoms with Crippen LogP contribution in [0.1, 0.15) is 31.2 Å². The summed E-state index contributed by atoms with van der Waals surface area (Å²) in [7, 11) is 0. The number of ether oxygens (including phenoxy) is 1. The van der Waals surface area contributed by atoms with Crippen LogP contribution >= 0.6 is 23.2 Å². The second-order valence-electron chi connectivity index (χ2n) is 6.87. The number of halogens is 2. The first kappa shape index (κ1) is 20.5. The van der Waals surface area contributed by atoms with Crippen LogP contribution in [0.2, 0.25) is 10.0 Å². The molecule has 2 aromatic carbocycles. The van der Waals surface area contributed by atoms with E-state index in [1.54, 1.807) is 24.3 Å². The summed E-state index contributed by atoms with van der Waals surface area (Å²) in [6, 6.07) is 10.5. The predicted octanol–water partition coefficient (Wildman–Crippen LogP) is 5.45. The van der Waals surface area contributed by atoms with Crippen molar-refractivity contribution in [3.63, 3.8) is 0 Å². The van der Waals surface area contributed by atoms with Crippen molar-refractivity contribution in [3.05, 3.63) is 52.0 Å². The largest absolute Gasteiger partial charge is 0.492 e. The molecular weight excluding hydrogens is 399 g/mol. The molecular formula is C21H22Cl2N2O3. The molecule has 148 valence electrons. The Morgan fingerprint density at radius 2 is 1.89 bits per heavy atom. The van der Waals surface area contributed by atoms with Crippen molar-refractivity contribution in [2.75, 3.05) is 17.2 Å². The van der Waals surface area contributed by atoms with E-state index in [1.165, 1.54) is 0 Å². The Hall–Kier alpha value is -2.24. The van der Waals surface area contributed by atoms with Gasteiger partial charge >= 0.3 is 0 Å². The summed E-state index contributed by atoms with van der Waals surface area (Å²) in [6.45, 7) is 2.29. The minimum atomic E-state index is -0.117. The molecule has 3 rings (SSSR count). The van der Waals surface area contributed by atoms with Crippen LogP contribution in [0, 0.1) is 12.8 Å². The lowest BCUT2D eigenvalue weighted by atomic mass is 10.1. The highest BCUT2D eigenvalue weighted by Gasteiger charge is 2.29. The van der Waals surface area contributed by atoms with E-state index in [4.69, 9.17) is 27.9 Å². The topological polar surface area (TPSA) is 67.4 Å². The number of anilines is 2. The van der Waals surface area contributed by atoms with Gasteiger partial charge in [-0.2, -0.15) is 0 Å². The molecule has 28 heavy (non-hydrogen) atoms. The van der Waals surface area contributed by atoms with Gasteiger partial charge in [0.15, 0.2) is 0 Å². The second-order valence-corrected chi connectivity index (χ2v) is 7.71. The highest BCUT2D eigenvalue weighted by atomic mass is 35.5. The number of benzene rings is 2. The van der Waals surface area contributed by atoms with Crippen LogP contribution < -0.4 is 15.4 Å². The number of carbonyl (C=O) groups excluding carboxylic acids is 2. The first-order valence-corrected chi connectivity index (χ1v) is 9.97. The summed E-state index contributed by atoms with van der Waals surface area (Å²) in [4.78, 5) is 24.1. The summed E-state index contributed by atoms with van der Waals surface area (Å²) in [6.07, 6.45) is 2.75. The van der Waals surface area contributed by atoms with Crippen molar-refractivity contribution >= 4 is 46.4 Å². The first-order valence-electron chi connectivity index (χ1n) is 9.21. The van der Waals surface area contributed by atoms with Gasteiger partial charge in [-0.25, -0.2) is 0 Å². The van der Waals surface area contributed by atoms with Crippen LogP contribution in [0.5, 0.6) is 5.75 Å². The fourth-order valence-electron chi connectivity index (χ4n) is 2.65. The van der Waals surface area contributed by atoms with E-state index in [1.807, 2.05) is 19.1 Å². The Morgan fingerprint density at radius 3 is 2.61 bits per heavy atom. The molecule has 0 spiro atoms. The van der Waals surface area contributed by atoms with E-state index in [-0.39, 0.29) is 17.7 Å². The molecule has 0 aliphatic heterocycles. The van der Waals surface area contributed by atoms with E-state index < -0.39 is 0 Å². The smallest absolute Gasteiger partial charge is 0.227 e. The lowest BCUT2D eigenvalue weighted by Gasteiger charge is -2.12. The summed E-state index contributed by atoms with van der Waals surface area (Å²) in [5.74, 6) is 0.603. The molecule has 1 aliphatic carbocycles. The maximum Gasteiger partial charge on any atom is 0.227 e. The van der Waals surface area contributed by atoms with Gasteiger partial charge in [0, 0.05) is 28.7 Å². The molecule has 7 heteroatoms. The molecule has 1 aliphatic rings. The molecule has 2 N–H and O–H groups in total. The Labute approximate surface area is 174 Å². The zero-order valence-corrected chi connectivity index (χ0v) is 17.1.